The number of pyridine rings is 1. The molecular formula is C13H6Cl2N4. The number of nitrogens with zero attached hydrogens (tertiary/aromatic N) is 4. The highest BCUT2D eigenvalue weighted by molar-refractivity contribution is 6.36. The van der Waals surface area contributed by atoms with E-state index >= 15 is 0 Å². The normalized spacial score (nSPS) is 10.6. The summed E-state index contributed by atoms with van der Waals surface area (Å²) < 4.78 is 1.49. The van der Waals surface area contributed by atoms with Crippen LogP contribution in [0.3, 0.4) is 0 Å². The van der Waals surface area contributed by atoms with Gasteiger partial charge in [0, 0.05) is 10.6 Å². The maximum Gasteiger partial charge on any atom is 0.183 e. The van der Waals surface area contributed by atoms with E-state index in [0.29, 0.717) is 32.8 Å². The Morgan fingerprint density at radius 1 is 1.16 bits per heavy atom. The van der Waals surface area contributed by atoms with E-state index in [2.05, 4.69) is 16.2 Å². The molecule has 0 fully saturated rings. The Labute approximate surface area is 118 Å². The Hall–Kier alpha value is -2.09. The lowest BCUT2D eigenvalue weighted by Gasteiger charge is -1.99. The number of aromatic nitrogens is 3. The fourth-order valence-electron chi connectivity index (χ4n) is 1.77. The molecule has 6 heteroatoms. The van der Waals surface area contributed by atoms with Crippen LogP contribution in [0.5, 0.6) is 0 Å². The molecule has 3 rings (SSSR count). The van der Waals surface area contributed by atoms with Gasteiger partial charge in [-0.25, -0.2) is 9.50 Å². The van der Waals surface area contributed by atoms with E-state index < -0.39 is 0 Å². The summed E-state index contributed by atoms with van der Waals surface area (Å²) in [6.07, 6.45) is 0. The summed E-state index contributed by atoms with van der Waals surface area (Å²) in [6.45, 7) is 0. The van der Waals surface area contributed by atoms with E-state index in [-0.39, 0.29) is 0 Å². The van der Waals surface area contributed by atoms with Gasteiger partial charge < -0.3 is 0 Å². The third-order valence-corrected chi connectivity index (χ3v) is 3.19. The topological polar surface area (TPSA) is 54.0 Å². The van der Waals surface area contributed by atoms with Gasteiger partial charge >= 0.3 is 0 Å². The Morgan fingerprint density at radius 3 is 2.74 bits per heavy atom. The van der Waals surface area contributed by atoms with Crippen LogP contribution in [0.4, 0.5) is 0 Å². The average Bonchev–Trinajstić information content (AvgIpc) is 2.81. The van der Waals surface area contributed by atoms with E-state index in [1.165, 1.54) is 4.52 Å². The van der Waals surface area contributed by atoms with Crippen LogP contribution in [0.2, 0.25) is 10.0 Å². The van der Waals surface area contributed by atoms with Crippen molar-refractivity contribution in [2.45, 2.75) is 0 Å². The molecule has 0 spiro atoms. The molecule has 0 saturated carbocycles. The van der Waals surface area contributed by atoms with Gasteiger partial charge in [0.25, 0.3) is 0 Å². The number of halogens is 2. The minimum absolute atomic E-state index is 0.418. The summed E-state index contributed by atoms with van der Waals surface area (Å²) in [5, 5.41) is 14.3. The largest absolute Gasteiger partial charge is 0.207 e. The molecule has 4 nitrogen and oxygen atoms in total. The Balaban J connectivity index is 2.24. The summed E-state index contributed by atoms with van der Waals surface area (Å²) in [5.74, 6) is 0.462. The van der Waals surface area contributed by atoms with Crippen LogP contribution in [0.15, 0.2) is 36.4 Å². The van der Waals surface area contributed by atoms with Crippen molar-refractivity contribution < 1.29 is 0 Å². The molecule has 0 aliphatic carbocycles. The Bertz CT molecular complexity index is 817. The molecule has 0 saturated heterocycles. The average molecular weight is 289 g/mol. The Kier molecular flexibility index (Phi) is 2.86. The van der Waals surface area contributed by atoms with Crippen LogP contribution in [-0.4, -0.2) is 14.6 Å². The predicted molar refractivity (Wildman–Crippen MR) is 73.2 cm³/mol. The first-order valence-electron chi connectivity index (χ1n) is 5.40. The summed E-state index contributed by atoms with van der Waals surface area (Å²) in [7, 11) is 0. The molecule has 1 aromatic carbocycles. The molecule has 0 atom stereocenters. The monoisotopic (exact) mass is 288 g/mol. The number of benzene rings is 1. The number of hydrogen-bond acceptors (Lipinski definition) is 3. The summed E-state index contributed by atoms with van der Waals surface area (Å²) in [4.78, 5) is 4.36. The zero-order chi connectivity index (χ0) is 13.4. The summed E-state index contributed by atoms with van der Waals surface area (Å²) in [5.41, 5.74) is 1.69. The zero-order valence-electron chi connectivity index (χ0n) is 9.51. The molecule has 0 aliphatic heterocycles. The van der Waals surface area contributed by atoms with E-state index in [9.17, 15) is 0 Å². The minimum atomic E-state index is 0.418. The quantitative estimate of drug-likeness (QED) is 0.688. The van der Waals surface area contributed by atoms with Gasteiger partial charge in [0.2, 0.25) is 0 Å². The van der Waals surface area contributed by atoms with Gasteiger partial charge in [-0.2, -0.15) is 5.26 Å². The van der Waals surface area contributed by atoms with E-state index in [1.54, 1.807) is 36.4 Å². The van der Waals surface area contributed by atoms with Gasteiger partial charge in [-0.3, -0.25) is 0 Å². The first kappa shape index (κ1) is 12.0. The highest BCUT2D eigenvalue weighted by atomic mass is 35.5. The highest BCUT2D eigenvalue weighted by Gasteiger charge is 2.11. The smallest absolute Gasteiger partial charge is 0.183 e. The van der Waals surface area contributed by atoms with Crippen molar-refractivity contribution in [1.82, 2.24) is 14.6 Å². The SMILES string of the molecule is N#Cc1cccc2nc(-c3ccc(Cl)cc3Cl)nn12. The first-order chi connectivity index (χ1) is 9.19. The number of hydrogen-bond donors (Lipinski definition) is 0. The molecule has 0 unspecified atom stereocenters. The van der Waals surface area contributed by atoms with Crippen LogP contribution < -0.4 is 0 Å². The molecule has 2 aromatic heterocycles. The van der Waals surface area contributed by atoms with Crippen molar-refractivity contribution in [1.29, 1.82) is 5.26 Å². The van der Waals surface area contributed by atoms with Crippen molar-refractivity contribution in [3.63, 3.8) is 0 Å². The van der Waals surface area contributed by atoms with Crippen molar-refractivity contribution in [2.75, 3.05) is 0 Å². The van der Waals surface area contributed by atoms with Crippen LogP contribution >= 0.6 is 23.2 Å². The fraction of sp³-hybridized carbons (Fsp3) is 0. The van der Waals surface area contributed by atoms with E-state index in [0.717, 1.165) is 0 Å². The molecule has 0 bridgehead atoms. The lowest BCUT2D eigenvalue weighted by molar-refractivity contribution is 0.945. The Morgan fingerprint density at radius 2 is 2.00 bits per heavy atom. The second-order valence-corrected chi connectivity index (χ2v) is 4.70. The fourth-order valence-corrected chi connectivity index (χ4v) is 2.27. The summed E-state index contributed by atoms with van der Waals surface area (Å²) in [6, 6.07) is 12.4. The molecule has 0 N–H and O–H groups in total. The molecule has 19 heavy (non-hydrogen) atoms. The van der Waals surface area contributed by atoms with E-state index in [4.69, 9.17) is 28.5 Å². The minimum Gasteiger partial charge on any atom is -0.207 e. The van der Waals surface area contributed by atoms with Crippen LogP contribution in [0.1, 0.15) is 5.69 Å². The highest BCUT2D eigenvalue weighted by Crippen LogP contribution is 2.28. The standard InChI is InChI=1S/C13H6Cl2N4/c14-8-4-5-10(11(15)6-8)13-17-12-3-1-2-9(7-16)19(12)18-13/h1-6H. The van der Waals surface area contributed by atoms with Gasteiger partial charge in [-0.15, -0.1) is 5.10 Å². The molecule has 0 aliphatic rings. The van der Waals surface area contributed by atoms with Crippen molar-refractivity contribution in [2.24, 2.45) is 0 Å². The van der Waals surface area contributed by atoms with Gasteiger partial charge in [0.1, 0.15) is 11.8 Å². The second kappa shape index (κ2) is 4.54. The van der Waals surface area contributed by atoms with Crippen LogP contribution in [0.25, 0.3) is 17.0 Å². The summed E-state index contributed by atoms with van der Waals surface area (Å²) >= 11 is 12.0. The van der Waals surface area contributed by atoms with Crippen LogP contribution in [-0.2, 0) is 0 Å². The molecule has 0 amide bonds. The van der Waals surface area contributed by atoms with Gasteiger partial charge in [0.05, 0.1) is 5.02 Å². The van der Waals surface area contributed by atoms with Crippen LogP contribution in [0, 0.1) is 11.3 Å². The number of nitriles is 1. The van der Waals surface area contributed by atoms with Gasteiger partial charge in [-0.1, -0.05) is 29.3 Å². The molecular weight excluding hydrogens is 283 g/mol. The van der Waals surface area contributed by atoms with Crippen molar-refractivity contribution in [3.05, 3.63) is 52.1 Å². The third-order valence-electron chi connectivity index (χ3n) is 2.65. The van der Waals surface area contributed by atoms with Crippen molar-refractivity contribution in [3.8, 4) is 17.5 Å². The maximum atomic E-state index is 9.02. The molecule has 92 valence electrons. The first-order valence-corrected chi connectivity index (χ1v) is 6.16. The van der Waals surface area contributed by atoms with Crippen molar-refractivity contribution >= 4 is 28.8 Å². The maximum absolute atomic E-state index is 9.02. The third kappa shape index (κ3) is 2.03. The lowest BCUT2D eigenvalue weighted by Crippen LogP contribution is -1.93. The van der Waals surface area contributed by atoms with Gasteiger partial charge in [0.15, 0.2) is 11.5 Å². The predicted octanol–water partition coefficient (Wildman–Crippen LogP) is 3.57. The molecule has 0 radical (unpaired) electrons. The second-order valence-electron chi connectivity index (χ2n) is 3.85. The zero-order valence-corrected chi connectivity index (χ0v) is 11.0. The van der Waals surface area contributed by atoms with E-state index in [1.807, 2.05) is 0 Å². The van der Waals surface area contributed by atoms with Gasteiger partial charge in [-0.05, 0) is 30.3 Å². The number of rotatable bonds is 1. The molecule has 3 aromatic rings. The lowest BCUT2D eigenvalue weighted by atomic mass is 10.2. The molecule has 2 heterocycles. The number of fused-ring (bicyclic) bond motifs is 1.